The van der Waals surface area contributed by atoms with Gasteiger partial charge in [0, 0.05) is 30.7 Å². The van der Waals surface area contributed by atoms with Crippen LogP contribution in [0.5, 0.6) is 0 Å². The summed E-state index contributed by atoms with van der Waals surface area (Å²) in [6.45, 7) is 8.55. The second kappa shape index (κ2) is 6.52. The molecule has 4 nitrogen and oxygen atoms in total. The topological polar surface area (TPSA) is 36.5 Å². The lowest BCUT2D eigenvalue weighted by Crippen LogP contribution is -2.35. The van der Waals surface area contributed by atoms with Crippen LogP contribution >= 0.6 is 0 Å². The highest BCUT2D eigenvalue weighted by atomic mass is 15.1. The first-order valence-corrected chi connectivity index (χ1v) is 8.53. The summed E-state index contributed by atoms with van der Waals surface area (Å²) in [4.78, 5) is 0. The molecule has 1 aromatic carbocycles. The molecule has 0 amide bonds. The van der Waals surface area contributed by atoms with Crippen molar-refractivity contribution >= 4 is 0 Å². The Balaban J connectivity index is 2.34. The largest absolute Gasteiger partial charge is 0.289 e. The van der Waals surface area contributed by atoms with E-state index < -0.39 is 0 Å². The molecule has 0 aliphatic rings. The van der Waals surface area contributed by atoms with Crippen LogP contribution in [0.3, 0.4) is 0 Å². The van der Waals surface area contributed by atoms with Gasteiger partial charge in [-0.3, -0.25) is 0 Å². The van der Waals surface area contributed by atoms with Gasteiger partial charge in [-0.1, -0.05) is 6.07 Å². The highest BCUT2D eigenvalue weighted by molar-refractivity contribution is 5.65. The van der Waals surface area contributed by atoms with Gasteiger partial charge in [-0.05, 0) is 26.8 Å². The molecular formula is C21H24N4+2. The van der Waals surface area contributed by atoms with Crippen molar-refractivity contribution in [3.63, 3.8) is 0 Å². The molecule has 0 fully saturated rings. The maximum absolute atomic E-state index is 9.57. The quantitative estimate of drug-likeness (QED) is 0.678. The lowest BCUT2D eigenvalue weighted by Gasteiger charge is -2.11. The number of nitriles is 1. The van der Waals surface area contributed by atoms with Gasteiger partial charge in [-0.2, -0.15) is 9.83 Å². The SMILES string of the molecule is Cc1c(-c2n(C(C)C)cc[n+]2C)cc(C#N)cc1-[n+]1ccccc1C. The van der Waals surface area contributed by atoms with E-state index in [0.29, 0.717) is 11.6 Å². The van der Waals surface area contributed by atoms with Crippen molar-refractivity contribution in [3.8, 4) is 23.1 Å². The molecule has 0 aliphatic carbocycles. The van der Waals surface area contributed by atoms with Crippen molar-refractivity contribution in [2.24, 2.45) is 7.05 Å². The number of aromatic nitrogens is 3. The Kier molecular flexibility index (Phi) is 4.41. The molecule has 0 radical (unpaired) electrons. The monoisotopic (exact) mass is 332 g/mol. The van der Waals surface area contributed by atoms with Crippen LogP contribution in [0.25, 0.3) is 17.1 Å². The maximum atomic E-state index is 9.57. The molecule has 25 heavy (non-hydrogen) atoms. The van der Waals surface area contributed by atoms with E-state index in [1.165, 1.54) is 0 Å². The summed E-state index contributed by atoms with van der Waals surface area (Å²) in [5.41, 5.74) is 5.10. The lowest BCUT2D eigenvalue weighted by atomic mass is 10.0. The molecule has 0 atom stereocenters. The molecule has 4 heteroatoms. The fourth-order valence-corrected chi connectivity index (χ4v) is 3.29. The minimum atomic E-state index is 0.343. The van der Waals surface area contributed by atoms with Crippen LogP contribution in [0.15, 0.2) is 48.9 Å². The Labute approximate surface area is 149 Å². The molecular weight excluding hydrogens is 308 g/mol. The number of nitrogens with zero attached hydrogens (tertiary/aromatic N) is 4. The minimum absolute atomic E-state index is 0.343. The Morgan fingerprint density at radius 1 is 1.12 bits per heavy atom. The van der Waals surface area contributed by atoms with Gasteiger partial charge in [0.1, 0.15) is 12.4 Å². The third-order valence-corrected chi connectivity index (χ3v) is 4.66. The molecule has 2 aromatic heterocycles. The zero-order valence-corrected chi connectivity index (χ0v) is 15.5. The fourth-order valence-electron chi connectivity index (χ4n) is 3.29. The molecule has 0 aliphatic heterocycles. The van der Waals surface area contributed by atoms with Crippen molar-refractivity contribution in [1.82, 2.24) is 4.57 Å². The van der Waals surface area contributed by atoms with Crippen LogP contribution in [0.2, 0.25) is 0 Å². The Hall–Kier alpha value is -2.93. The summed E-state index contributed by atoms with van der Waals surface area (Å²) in [7, 11) is 2.05. The van der Waals surface area contributed by atoms with E-state index >= 15 is 0 Å². The summed E-state index contributed by atoms with van der Waals surface area (Å²) < 4.78 is 6.51. The van der Waals surface area contributed by atoms with Crippen molar-refractivity contribution < 1.29 is 9.13 Å². The van der Waals surface area contributed by atoms with Gasteiger partial charge in [0.05, 0.1) is 30.3 Å². The molecule has 2 heterocycles. The molecule has 0 bridgehead atoms. The maximum Gasteiger partial charge on any atom is 0.289 e. The van der Waals surface area contributed by atoms with Gasteiger partial charge < -0.3 is 0 Å². The van der Waals surface area contributed by atoms with E-state index in [9.17, 15) is 5.26 Å². The highest BCUT2D eigenvalue weighted by Crippen LogP contribution is 2.27. The summed E-state index contributed by atoms with van der Waals surface area (Å²) >= 11 is 0. The molecule has 0 spiro atoms. The summed E-state index contributed by atoms with van der Waals surface area (Å²) in [5, 5.41) is 9.57. The molecule has 0 saturated carbocycles. The first-order valence-electron chi connectivity index (χ1n) is 8.53. The average molecular weight is 332 g/mol. The predicted molar refractivity (Wildman–Crippen MR) is 97.2 cm³/mol. The van der Waals surface area contributed by atoms with Crippen molar-refractivity contribution in [3.05, 3.63) is 65.7 Å². The van der Waals surface area contributed by atoms with Gasteiger partial charge in [0.15, 0.2) is 11.9 Å². The summed E-state index contributed by atoms with van der Waals surface area (Å²) in [6, 6.07) is 12.7. The van der Waals surface area contributed by atoms with E-state index in [0.717, 1.165) is 28.3 Å². The first-order chi connectivity index (χ1) is 11.9. The average Bonchev–Trinajstić information content (AvgIpc) is 2.97. The van der Waals surface area contributed by atoms with Gasteiger partial charge in [0.25, 0.3) is 5.82 Å². The van der Waals surface area contributed by atoms with E-state index in [1.807, 2.05) is 37.5 Å². The number of imidazole rings is 1. The van der Waals surface area contributed by atoms with Crippen molar-refractivity contribution in [1.29, 1.82) is 5.26 Å². The third-order valence-electron chi connectivity index (χ3n) is 4.66. The van der Waals surface area contributed by atoms with Gasteiger partial charge in [-0.15, -0.1) is 0 Å². The number of rotatable bonds is 3. The van der Waals surface area contributed by atoms with Crippen molar-refractivity contribution in [2.45, 2.75) is 33.7 Å². The second-order valence-electron chi connectivity index (χ2n) is 6.73. The molecule has 0 unspecified atom stereocenters. The molecule has 3 rings (SSSR count). The van der Waals surface area contributed by atoms with Crippen LogP contribution in [0.4, 0.5) is 0 Å². The second-order valence-corrected chi connectivity index (χ2v) is 6.73. The summed E-state index contributed by atoms with van der Waals surface area (Å²) in [5.74, 6) is 1.11. The van der Waals surface area contributed by atoms with E-state index in [4.69, 9.17) is 0 Å². The highest BCUT2D eigenvalue weighted by Gasteiger charge is 2.26. The van der Waals surface area contributed by atoms with Gasteiger partial charge in [-0.25, -0.2) is 9.13 Å². The number of hydrogen-bond acceptors (Lipinski definition) is 1. The van der Waals surface area contributed by atoms with Crippen LogP contribution in [-0.4, -0.2) is 4.57 Å². The Morgan fingerprint density at radius 2 is 1.88 bits per heavy atom. The Morgan fingerprint density at radius 3 is 2.52 bits per heavy atom. The molecule has 0 N–H and O–H groups in total. The number of benzene rings is 1. The first kappa shape index (κ1) is 16.9. The number of pyridine rings is 1. The van der Waals surface area contributed by atoms with Gasteiger partial charge >= 0.3 is 0 Å². The molecule has 126 valence electrons. The Bertz CT molecular complexity index is 974. The smallest absolute Gasteiger partial charge is 0.233 e. The van der Waals surface area contributed by atoms with E-state index in [-0.39, 0.29) is 0 Å². The normalized spacial score (nSPS) is 10.9. The predicted octanol–water partition coefficient (Wildman–Crippen LogP) is 3.33. The van der Waals surface area contributed by atoms with Gasteiger partial charge in [0.2, 0.25) is 5.69 Å². The number of aryl methyl sites for hydroxylation is 2. The van der Waals surface area contributed by atoms with E-state index in [1.54, 1.807) is 0 Å². The zero-order chi connectivity index (χ0) is 18.1. The molecule has 3 aromatic rings. The van der Waals surface area contributed by atoms with Crippen LogP contribution < -0.4 is 9.13 Å². The minimum Gasteiger partial charge on any atom is -0.233 e. The number of hydrogen-bond donors (Lipinski definition) is 0. The van der Waals surface area contributed by atoms with Crippen molar-refractivity contribution in [2.75, 3.05) is 0 Å². The fraction of sp³-hybridized carbons (Fsp3) is 0.286. The zero-order valence-electron chi connectivity index (χ0n) is 15.5. The van der Waals surface area contributed by atoms with E-state index in [2.05, 4.69) is 65.9 Å². The van der Waals surface area contributed by atoms with Crippen LogP contribution in [0, 0.1) is 25.2 Å². The third kappa shape index (κ3) is 2.94. The summed E-state index contributed by atoms with van der Waals surface area (Å²) in [6.07, 6.45) is 6.21. The van der Waals surface area contributed by atoms with Crippen LogP contribution in [-0.2, 0) is 7.05 Å². The lowest BCUT2D eigenvalue weighted by molar-refractivity contribution is -0.659. The standard InChI is InChI=1S/C21H24N4/c1-15(2)24-11-10-23(5)21(24)19-12-18(14-22)13-20(17(19)4)25-9-7-6-8-16(25)3/h6-13,15H,1-5H3/q+2. The molecule has 0 saturated heterocycles. The van der Waals surface area contributed by atoms with Crippen LogP contribution in [0.1, 0.15) is 36.7 Å².